The molecule has 0 aliphatic rings. The minimum atomic E-state index is -0.996. The Kier molecular flexibility index (Phi) is 8.53. The average molecular weight is 559 g/mol. The zero-order valence-electron chi connectivity index (χ0n) is 18.7. The van der Waals surface area contributed by atoms with E-state index in [0.717, 1.165) is 20.6 Å². The number of fused-ring (bicyclic) bond motifs is 1. The fraction of sp³-hybridized carbons (Fsp3) is 0.0769. The van der Waals surface area contributed by atoms with Gasteiger partial charge in [0.25, 0.3) is 0 Å². The molecule has 184 valence electrons. The van der Waals surface area contributed by atoms with Crippen LogP contribution in [0, 0.1) is 0 Å². The molecule has 0 amide bonds. The zero-order valence-corrected chi connectivity index (χ0v) is 21.8. The SMILES string of the molecule is O=C(O)CN(Sc1ccccc1Cl)c1ccc(N(CC(=O)O)Sc2ccccc2Cl)c2ccccc12. The van der Waals surface area contributed by atoms with E-state index in [0.29, 0.717) is 21.4 Å². The Labute approximate surface area is 226 Å². The first kappa shape index (κ1) is 26.0. The van der Waals surface area contributed by atoms with Crippen LogP contribution in [0.1, 0.15) is 0 Å². The van der Waals surface area contributed by atoms with Crippen molar-refractivity contribution >= 4 is 81.2 Å². The Bertz CT molecular complexity index is 1310. The van der Waals surface area contributed by atoms with Crippen LogP contribution < -0.4 is 8.61 Å². The molecule has 2 N–H and O–H groups in total. The number of carboxylic acids is 2. The lowest BCUT2D eigenvalue weighted by Crippen LogP contribution is -2.25. The molecule has 36 heavy (non-hydrogen) atoms. The van der Waals surface area contributed by atoms with Gasteiger partial charge in [-0.05, 0) is 60.3 Å². The Morgan fingerprint density at radius 1 is 0.611 bits per heavy atom. The first-order valence-corrected chi connectivity index (χ1v) is 13.0. The molecule has 0 unspecified atom stereocenters. The van der Waals surface area contributed by atoms with Gasteiger partial charge in [-0.25, -0.2) is 0 Å². The third-order valence-corrected chi connectivity index (χ3v) is 8.14. The lowest BCUT2D eigenvalue weighted by molar-refractivity contribution is -0.136. The molecule has 0 aliphatic carbocycles. The predicted molar refractivity (Wildman–Crippen MR) is 149 cm³/mol. The summed E-state index contributed by atoms with van der Waals surface area (Å²) in [7, 11) is 0. The Morgan fingerprint density at radius 3 is 1.33 bits per heavy atom. The van der Waals surface area contributed by atoms with Crippen LogP contribution in [0.2, 0.25) is 10.0 Å². The van der Waals surface area contributed by atoms with Crippen LogP contribution >= 0.6 is 47.1 Å². The van der Waals surface area contributed by atoms with Crippen LogP contribution in [0.4, 0.5) is 11.4 Å². The molecule has 4 rings (SSSR count). The second-order valence-electron chi connectivity index (χ2n) is 7.55. The topological polar surface area (TPSA) is 81.1 Å². The van der Waals surface area contributed by atoms with Gasteiger partial charge in [0, 0.05) is 20.6 Å². The molecule has 6 nitrogen and oxygen atoms in total. The van der Waals surface area contributed by atoms with Gasteiger partial charge in [0.1, 0.15) is 13.1 Å². The summed E-state index contributed by atoms with van der Waals surface area (Å²) in [5, 5.41) is 21.8. The number of hydrogen-bond donors (Lipinski definition) is 2. The first-order chi connectivity index (χ1) is 17.3. The molecule has 4 aromatic carbocycles. The zero-order chi connectivity index (χ0) is 25.7. The van der Waals surface area contributed by atoms with Gasteiger partial charge < -0.3 is 18.8 Å². The van der Waals surface area contributed by atoms with Crippen molar-refractivity contribution in [2.75, 3.05) is 21.7 Å². The molecule has 0 aromatic heterocycles. The highest BCUT2D eigenvalue weighted by atomic mass is 35.5. The Morgan fingerprint density at radius 2 is 0.972 bits per heavy atom. The summed E-state index contributed by atoms with van der Waals surface area (Å²) in [6.07, 6.45) is 0. The number of anilines is 2. The maximum Gasteiger partial charge on any atom is 0.324 e. The van der Waals surface area contributed by atoms with Gasteiger partial charge in [-0.1, -0.05) is 71.7 Å². The van der Waals surface area contributed by atoms with Gasteiger partial charge in [0.15, 0.2) is 0 Å². The van der Waals surface area contributed by atoms with Crippen molar-refractivity contribution in [3.8, 4) is 0 Å². The molecule has 0 heterocycles. The van der Waals surface area contributed by atoms with Crippen molar-refractivity contribution < 1.29 is 19.8 Å². The third kappa shape index (κ3) is 6.20. The molecule has 0 atom stereocenters. The molecular weight excluding hydrogens is 539 g/mol. The molecule has 0 bridgehead atoms. The van der Waals surface area contributed by atoms with E-state index in [1.54, 1.807) is 32.9 Å². The number of carbonyl (C=O) groups is 2. The molecule has 0 radical (unpaired) electrons. The Balaban J connectivity index is 1.80. The Hall–Kier alpha value is -3.04. The summed E-state index contributed by atoms with van der Waals surface area (Å²) in [6.45, 7) is -0.543. The number of rotatable bonds is 10. The van der Waals surface area contributed by atoms with E-state index in [9.17, 15) is 19.8 Å². The van der Waals surface area contributed by atoms with Crippen LogP contribution in [0.5, 0.6) is 0 Å². The minimum absolute atomic E-state index is 0.271. The monoisotopic (exact) mass is 558 g/mol. The van der Waals surface area contributed by atoms with Gasteiger partial charge in [-0.3, -0.25) is 9.59 Å². The van der Waals surface area contributed by atoms with Crippen molar-refractivity contribution in [1.82, 2.24) is 0 Å². The van der Waals surface area contributed by atoms with Crippen LogP contribution in [-0.4, -0.2) is 35.2 Å². The van der Waals surface area contributed by atoms with Crippen LogP contribution in [0.3, 0.4) is 0 Å². The highest BCUT2D eigenvalue weighted by molar-refractivity contribution is 8.01. The van der Waals surface area contributed by atoms with E-state index >= 15 is 0 Å². The fourth-order valence-electron chi connectivity index (χ4n) is 3.56. The summed E-state index contributed by atoms with van der Waals surface area (Å²) < 4.78 is 3.33. The second-order valence-corrected chi connectivity index (χ2v) is 10.5. The molecule has 0 aliphatic heterocycles. The predicted octanol–water partition coefficient (Wildman–Crippen LogP) is 7.34. The lowest BCUT2D eigenvalue weighted by Gasteiger charge is -2.27. The third-order valence-electron chi connectivity index (χ3n) is 5.06. The van der Waals surface area contributed by atoms with Crippen molar-refractivity contribution in [1.29, 1.82) is 0 Å². The minimum Gasteiger partial charge on any atom is -0.480 e. The fourth-order valence-corrected chi connectivity index (χ4v) is 5.96. The van der Waals surface area contributed by atoms with Gasteiger partial charge in [-0.15, -0.1) is 0 Å². The summed E-state index contributed by atoms with van der Waals surface area (Å²) in [5.74, 6) is -1.99. The molecule has 4 aromatic rings. The van der Waals surface area contributed by atoms with Gasteiger partial charge in [0.05, 0.1) is 21.4 Å². The highest BCUT2D eigenvalue weighted by Crippen LogP contribution is 2.42. The largest absolute Gasteiger partial charge is 0.480 e. The summed E-state index contributed by atoms with van der Waals surface area (Å²) in [6, 6.07) is 25.5. The van der Waals surface area contributed by atoms with Gasteiger partial charge in [0.2, 0.25) is 0 Å². The van der Waals surface area contributed by atoms with Gasteiger partial charge in [-0.2, -0.15) is 0 Å². The van der Waals surface area contributed by atoms with E-state index in [-0.39, 0.29) is 13.1 Å². The quantitative estimate of drug-likeness (QED) is 0.195. The van der Waals surface area contributed by atoms with Crippen molar-refractivity contribution in [3.63, 3.8) is 0 Å². The summed E-state index contributed by atoms with van der Waals surface area (Å²) in [4.78, 5) is 24.9. The van der Waals surface area contributed by atoms with Crippen molar-refractivity contribution in [3.05, 3.63) is 95.0 Å². The summed E-state index contributed by atoms with van der Waals surface area (Å²) in [5.41, 5.74) is 1.33. The molecule has 0 fully saturated rings. The van der Waals surface area contributed by atoms with Gasteiger partial charge >= 0.3 is 11.9 Å². The number of nitrogens with zero attached hydrogens (tertiary/aromatic N) is 2. The number of hydrogen-bond acceptors (Lipinski definition) is 6. The summed E-state index contributed by atoms with van der Waals surface area (Å²) >= 11 is 15.2. The number of carboxylic acid groups (broad SMARTS) is 2. The van der Waals surface area contributed by atoms with E-state index in [2.05, 4.69) is 0 Å². The number of benzene rings is 4. The van der Waals surface area contributed by atoms with E-state index in [4.69, 9.17) is 23.2 Å². The van der Waals surface area contributed by atoms with E-state index in [1.807, 2.05) is 60.7 Å². The lowest BCUT2D eigenvalue weighted by atomic mass is 10.1. The molecule has 0 saturated carbocycles. The normalized spacial score (nSPS) is 10.8. The molecular formula is C26H20Cl2N2O4S2. The van der Waals surface area contributed by atoms with Crippen LogP contribution in [0.25, 0.3) is 10.8 Å². The van der Waals surface area contributed by atoms with E-state index in [1.165, 1.54) is 23.9 Å². The van der Waals surface area contributed by atoms with Crippen LogP contribution in [0.15, 0.2) is 94.7 Å². The highest BCUT2D eigenvalue weighted by Gasteiger charge is 2.21. The maximum absolute atomic E-state index is 11.7. The molecule has 10 heteroatoms. The smallest absolute Gasteiger partial charge is 0.324 e. The van der Waals surface area contributed by atoms with E-state index < -0.39 is 11.9 Å². The van der Waals surface area contributed by atoms with Crippen molar-refractivity contribution in [2.45, 2.75) is 9.79 Å². The number of halogens is 2. The first-order valence-electron chi connectivity index (χ1n) is 10.7. The van der Waals surface area contributed by atoms with Crippen molar-refractivity contribution in [2.24, 2.45) is 0 Å². The average Bonchev–Trinajstić information content (AvgIpc) is 2.85. The standard InChI is InChI=1S/C26H20Cl2N2O4S2/c27-19-9-3-5-11-23(19)35-29(15-25(31)32)21-13-14-22(18-8-2-1-7-17(18)21)30(16-26(33)34)36-24-12-6-4-10-20(24)28/h1-14H,15-16H2,(H,31,32)(H,33,34). The van der Waals surface area contributed by atoms with Crippen LogP contribution in [-0.2, 0) is 9.59 Å². The maximum atomic E-state index is 11.7. The number of aliphatic carboxylic acids is 2. The molecule has 0 saturated heterocycles. The molecule has 0 spiro atoms. The second kappa shape index (κ2) is 11.8.